The van der Waals surface area contributed by atoms with Crippen molar-refractivity contribution in [1.82, 2.24) is 15.1 Å². The molecule has 25 heavy (non-hydrogen) atoms. The fourth-order valence-corrected chi connectivity index (χ4v) is 3.38. The monoisotopic (exact) mass is 335 g/mol. The average molecular weight is 335 g/mol. The van der Waals surface area contributed by atoms with E-state index in [9.17, 15) is 4.79 Å². The van der Waals surface area contributed by atoms with Gasteiger partial charge in [0, 0.05) is 25.2 Å². The largest absolute Gasteiger partial charge is 0.346 e. The van der Waals surface area contributed by atoms with E-state index in [2.05, 4.69) is 28.9 Å². The minimum atomic E-state index is 0.130. The van der Waals surface area contributed by atoms with Crippen molar-refractivity contribution in [3.63, 3.8) is 0 Å². The first kappa shape index (κ1) is 16.9. The van der Waals surface area contributed by atoms with E-state index in [1.807, 2.05) is 47.4 Å². The van der Waals surface area contributed by atoms with Crippen LogP contribution in [0.3, 0.4) is 0 Å². The molecule has 2 atom stereocenters. The molecule has 0 saturated carbocycles. The zero-order valence-electron chi connectivity index (χ0n) is 14.5. The molecule has 0 bridgehead atoms. The third-order valence-electron chi connectivity index (χ3n) is 4.50. The Hall–Kier alpha value is -2.94. The van der Waals surface area contributed by atoms with E-state index >= 15 is 0 Å². The van der Waals surface area contributed by atoms with Crippen LogP contribution >= 0.6 is 0 Å². The third-order valence-corrected chi connectivity index (χ3v) is 4.50. The molecule has 1 aromatic carbocycles. The molecule has 6 nitrogen and oxygen atoms in total. The van der Waals surface area contributed by atoms with Crippen LogP contribution in [0.15, 0.2) is 42.5 Å². The minimum absolute atomic E-state index is 0.130. The van der Waals surface area contributed by atoms with Gasteiger partial charge in [-0.1, -0.05) is 30.3 Å². The van der Waals surface area contributed by atoms with Crippen LogP contribution in [0.2, 0.25) is 0 Å². The van der Waals surface area contributed by atoms with Gasteiger partial charge in [0.2, 0.25) is 5.91 Å². The van der Waals surface area contributed by atoms with Crippen LogP contribution in [-0.2, 0) is 11.2 Å². The first-order chi connectivity index (χ1) is 12.1. The summed E-state index contributed by atoms with van der Waals surface area (Å²) in [5.41, 5.74) is 1.34. The van der Waals surface area contributed by atoms with Gasteiger partial charge in [-0.15, -0.1) is 10.2 Å². The second-order valence-corrected chi connectivity index (χ2v) is 6.45. The smallest absolute Gasteiger partial charge is 0.227 e. The standard InChI is InChI=1S/C19H21N5O/c1-14-12-23(19(25)10-16-6-4-3-5-7-16)13-15(2)24(14)18-9-8-17(11-20)21-22-18/h3-9,14-15H,10,12-13H2,1-2H3/t14-,15+. The van der Waals surface area contributed by atoms with Crippen molar-refractivity contribution in [3.05, 3.63) is 53.7 Å². The second kappa shape index (κ2) is 7.31. The second-order valence-electron chi connectivity index (χ2n) is 6.45. The number of aromatic nitrogens is 2. The van der Waals surface area contributed by atoms with Gasteiger partial charge < -0.3 is 9.80 Å². The Balaban J connectivity index is 1.69. The third kappa shape index (κ3) is 3.77. The Morgan fingerprint density at radius 1 is 1.12 bits per heavy atom. The summed E-state index contributed by atoms with van der Waals surface area (Å²) in [4.78, 5) is 16.7. The lowest BCUT2D eigenvalue weighted by Gasteiger charge is -2.45. The van der Waals surface area contributed by atoms with Crippen LogP contribution in [0.5, 0.6) is 0 Å². The fraction of sp³-hybridized carbons (Fsp3) is 0.368. The number of hydrogen-bond acceptors (Lipinski definition) is 5. The maximum absolute atomic E-state index is 12.6. The highest BCUT2D eigenvalue weighted by Gasteiger charge is 2.32. The number of carbonyl (C=O) groups excluding carboxylic acids is 1. The summed E-state index contributed by atoms with van der Waals surface area (Å²) in [5, 5.41) is 16.9. The summed E-state index contributed by atoms with van der Waals surface area (Å²) in [6.45, 7) is 5.46. The number of nitrogens with zero attached hydrogens (tertiary/aromatic N) is 5. The molecule has 6 heteroatoms. The molecule has 1 aliphatic rings. The van der Waals surface area contributed by atoms with E-state index in [0.717, 1.165) is 11.4 Å². The Kier molecular flexibility index (Phi) is 4.94. The van der Waals surface area contributed by atoms with E-state index in [4.69, 9.17) is 5.26 Å². The summed E-state index contributed by atoms with van der Waals surface area (Å²) in [6.07, 6.45) is 0.428. The highest BCUT2D eigenvalue weighted by molar-refractivity contribution is 5.79. The van der Waals surface area contributed by atoms with Crippen LogP contribution in [0.1, 0.15) is 25.1 Å². The number of hydrogen-bond donors (Lipinski definition) is 0. The first-order valence-electron chi connectivity index (χ1n) is 8.42. The van der Waals surface area contributed by atoms with Crippen LogP contribution < -0.4 is 4.90 Å². The van der Waals surface area contributed by atoms with Crippen LogP contribution in [0.25, 0.3) is 0 Å². The molecule has 128 valence electrons. The van der Waals surface area contributed by atoms with E-state index < -0.39 is 0 Å². The van der Waals surface area contributed by atoms with E-state index in [1.54, 1.807) is 6.07 Å². The lowest BCUT2D eigenvalue weighted by Crippen LogP contribution is -2.58. The zero-order chi connectivity index (χ0) is 17.8. The zero-order valence-corrected chi connectivity index (χ0v) is 14.5. The van der Waals surface area contributed by atoms with Gasteiger partial charge in [-0.25, -0.2) is 0 Å². The van der Waals surface area contributed by atoms with Crippen LogP contribution in [0, 0.1) is 11.3 Å². The van der Waals surface area contributed by atoms with Crippen molar-refractivity contribution >= 4 is 11.7 Å². The molecular weight excluding hydrogens is 314 g/mol. The quantitative estimate of drug-likeness (QED) is 0.858. The molecule has 0 N–H and O–H groups in total. The van der Waals surface area contributed by atoms with Crippen molar-refractivity contribution < 1.29 is 4.79 Å². The lowest BCUT2D eigenvalue weighted by molar-refractivity contribution is -0.131. The molecule has 1 saturated heterocycles. The Labute approximate surface area is 147 Å². The first-order valence-corrected chi connectivity index (χ1v) is 8.42. The number of piperazine rings is 1. The molecule has 2 heterocycles. The maximum atomic E-state index is 12.6. The summed E-state index contributed by atoms with van der Waals surface area (Å²) in [6, 6.07) is 15.6. The summed E-state index contributed by atoms with van der Waals surface area (Å²) in [7, 11) is 0. The lowest BCUT2D eigenvalue weighted by atomic mass is 10.1. The predicted molar refractivity (Wildman–Crippen MR) is 94.9 cm³/mol. The summed E-state index contributed by atoms with van der Waals surface area (Å²) < 4.78 is 0. The Bertz CT molecular complexity index is 757. The molecule has 2 aromatic rings. The van der Waals surface area contributed by atoms with Gasteiger partial charge in [0.05, 0.1) is 6.42 Å². The fourth-order valence-electron chi connectivity index (χ4n) is 3.38. The van der Waals surface area contributed by atoms with E-state index in [1.165, 1.54) is 0 Å². The van der Waals surface area contributed by atoms with Crippen LogP contribution in [0.4, 0.5) is 5.82 Å². The predicted octanol–water partition coefficient (Wildman–Crippen LogP) is 2.02. The molecular formula is C19H21N5O. The highest BCUT2D eigenvalue weighted by atomic mass is 16.2. The molecule has 0 aliphatic carbocycles. The van der Waals surface area contributed by atoms with Crippen molar-refractivity contribution in [2.24, 2.45) is 0 Å². The van der Waals surface area contributed by atoms with Gasteiger partial charge in [-0.2, -0.15) is 5.26 Å². The summed E-state index contributed by atoms with van der Waals surface area (Å²) in [5.74, 6) is 0.893. The Morgan fingerprint density at radius 2 is 1.80 bits per heavy atom. The molecule has 1 aliphatic heterocycles. The molecule has 0 radical (unpaired) electrons. The number of benzene rings is 1. The van der Waals surface area contributed by atoms with Crippen molar-refractivity contribution in [2.75, 3.05) is 18.0 Å². The van der Waals surface area contributed by atoms with Crippen molar-refractivity contribution in [1.29, 1.82) is 5.26 Å². The van der Waals surface area contributed by atoms with Crippen molar-refractivity contribution in [2.45, 2.75) is 32.4 Å². The highest BCUT2D eigenvalue weighted by Crippen LogP contribution is 2.23. The Morgan fingerprint density at radius 3 is 2.36 bits per heavy atom. The molecule has 1 fully saturated rings. The molecule has 3 rings (SSSR count). The SMILES string of the molecule is C[C@@H]1CN(C(=O)Cc2ccccc2)C[C@H](C)N1c1ccc(C#N)nn1. The average Bonchev–Trinajstić information content (AvgIpc) is 2.62. The molecule has 0 unspecified atom stereocenters. The summed E-state index contributed by atoms with van der Waals surface area (Å²) >= 11 is 0. The number of rotatable bonds is 3. The number of nitriles is 1. The number of anilines is 1. The van der Waals surface area contributed by atoms with E-state index in [0.29, 0.717) is 25.2 Å². The van der Waals surface area contributed by atoms with Gasteiger partial charge in [-0.05, 0) is 31.5 Å². The van der Waals surface area contributed by atoms with Gasteiger partial charge in [-0.3, -0.25) is 4.79 Å². The number of amides is 1. The van der Waals surface area contributed by atoms with E-state index in [-0.39, 0.29) is 18.0 Å². The minimum Gasteiger partial charge on any atom is -0.346 e. The molecule has 1 aromatic heterocycles. The van der Waals surface area contributed by atoms with Gasteiger partial charge in [0.25, 0.3) is 0 Å². The normalized spacial score (nSPS) is 20.2. The van der Waals surface area contributed by atoms with Crippen molar-refractivity contribution in [3.8, 4) is 6.07 Å². The van der Waals surface area contributed by atoms with Crippen LogP contribution in [-0.4, -0.2) is 46.2 Å². The van der Waals surface area contributed by atoms with Gasteiger partial charge in [0.15, 0.2) is 11.5 Å². The molecule has 0 spiro atoms. The molecule has 1 amide bonds. The number of carbonyl (C=O) groups is 1. The van der Waals surface area contributed by atoms with Gasteiger partial charge >= 0.3 is 0 Å². The topological polar surface area (TPSA) is 73.1 Å². The maximum Gasteiger partial charge on any atom is 0.227 e. The van der Waals surface area contributed by atoms with Gasteiger partial charge in [0.1, 0.15) is 6.07 Å².